The summed E-state index contributed by atoms with van der Waals surface area (Å²) in [4.78, 5) is 37.6. The Kier molecular flexibility index (Phi) is 10.7. The number of carbonyl (C=O) groups is 3. The molecule has 3 aromatic rings. The second kappa shape index (κ2) is 13.9. The molecule has 3 N–H and O–H groups in total. The molecule has 0 aliphatic carbocycles. The molecule has 0 saturated heterocycles. The number of nitrogens with one attached hydrogen (secondary N) is 3. The number of halogens is 1. The smallest absolute Gasteiger partial charge is 0.269 e. The second-order valence-corrected chi connectivity index (χ2v) is 11.2. The Bertz CT molecular complexity index is 1280. The van der Waals surface area contributed by atoms with Crippen LogP contribution in [0.4, 0.5) is 5.69 Å². The topological polar surface area (TPSA) is 96.5 Å². The minimum atomic E-state index is -0.481. The van der Waals surface area contributed by atoms with Gasteiger partial charge in [-0.25, -0.2) is 0 Å². The fraction of sp³-hybridized carbons (Fsp3) is 0.323. The third-order valence-electron chi connectivity index (χ3n) is 6.16. The van der Waals surface area contributed by atoms with E-state index in [1.165, 1.54) is 12.8 Å². The molecule has 7 nitrogen and oxygen atoms in total. The fourth-order valence-electron chi connectivity index (χ4n) is 3.76. The van der Waals surface area contributed by atoms with Crippen LogP contribution in [0.25, 0.3) is 0 Å². The molecule has 0 aliphatic heterocycles. The molecule has 0 heterocycles. The molecule has 0 bridgehead atoms. The van der Waals surface area contributed by atoms with E-state index >= 15 is 0 Å². The van der Waals surface area contributed by atoms with Crippen LogP contribution >= 0.6 is 15.9 Å². The molecule has 0 spiro atoms. The van der Waals surface area contributed by atoms with Gasteiger partial charge in [0.2, 0.25) is 0 Å². The summed E-state index contributed by atoms with van der Waals surface area (Å²) in [6.45, 7) is 9.14. The normalized spacial score (nSPS) is 11.0. The van der Waals surface area contributed by atoms with E-state index in [9.17, 15) is 14.4 Å². The monoisotopic (exact) mass is 593 g/mol. The molecule has 8 heteroatoms. The van der Waals surface area contributed by atoms with Crippen LogP contribution in [-0.2, 0) is 5.41 Å². The highest BCUT2D eigenvalue weighted by Gasteiger charge is 2.15. The zero-order valence-corrected chi connectivity index (χ0v) is 24.5. The lowest BCUT2D eigenvalue weighted by Crippen LogP contribution is -2.41. The summed E-state index contributed by atoms with van der Waals surface area (Å²) in [5.41, 5.74) is 7.79. The number of unbranched alkanes of at least 4 members (excludes halogenated alkanes) is 3. The van der Waals surface area contributed by atoms with Crippen molar-refractivity contribution in [1.82, 2.24) is 10.9 Å². The first kappa shape index (κ1) is 29.9. The minimum Gasteiger partial charge on any atom is -0.492 e. The van der Waals surface area contributed by atoms with Gasteiger partial charge < -0.3 is 10.1 Å². The van der Waals surface area contributed by atoms with E-state index in [0.717, 1.165) is 18.4 Å². The van der Waals surface area contributed by atoms with Crippen molar-refractivity contribution >= 4 is 39.3 Å². The SMILES string of the molecule is CCCCCCOc1ccc(C(=O)NNC(=O)c2ccc(NC(=O)c3ccc(C(C)(C)C)cc3)cc2)cc1Br. The minimum absolute atomic E-state index is 0.00849. The van der Waals surface area contributed by atoms with E-state index in [-0.39, 0.29) is 11.3 Å². The van der Waals surface area contributed by atoms with Gasteiger partial charge in [0, 0.05) is 22.4 Å². The third kappa shape index (κ3) is 8.96. The molecule has 206 valence electrons. The maximum absolute atomic E-state index is 12.6. The number of hydrazine groups is 1. The first-order valence-electron chi connectivity index (χ1n) is 13.1. The summed E-state index contributed by atoms with van der Waals surface area (Å²) >= 11 is 3.44. The van der Waals surface area contributed by atoms with Gasteiger partial charge in [-0.1, -0.05) is 59.1 Å². The summed E-state index contributed by atoms with van der Waals surface area (Å²) in [5.74, 6) is -0.509. The lowest BCUT2D eigenvalue weighted by atomic mass is 9.87. The van der Waals surface area contributed by atoms with Crippen molar-refractivity contribution in [3.63, 3.8) is 0 Å². The molecule has 0 atom stereocenters. The van der Waals surface area contributed by atoms with E-state index in [0.29, 0.717) is 39.2 Å². The van der Waals surface area contributed by atoms with Crippen molar-refractivity contribution in [2.75, 3.05) is 11.9 Å². The number of rotatable bonds is 10. The molecule has 0 unspecified atom stereocenters. The number of hydrogen-bond acceptors (Lipinski definition) is 4. The second-order valence-electron chi connectivity index (χ2n) is 10.3. The Balaban J connectivity index is 1.49. The van der Waals surface area contributed by atoms with Crippen LogP contribution in [0.3, 0.4) is 0 Å². The van der Waals surface area contributed by atoms with E-state index in [1.54, 1.807) is 54.6 Å². The lowest BCUT2D eigenvalue weighted by molar-refractivity contribution is 0.0846. The predicted octanol–water partition coefficient (Wildman–Crippen LogP) is 7.03. The summed E-state index contributed by atoms with van der Waals surface area (Å²) in [5, 5.41) is 2.83. The molecule has 3 rings (SSSR count). The number of amides is 3. The third-order valence-corrected chi connectivity index (χ3v) is 6.78. The van der Waals surface area contributed by atoms with E-state index < -0.39 is 11.8 Å². The van der Waals surface area contributed by atoms with Crippen molar-refractivity contribution in [1.29, 1.82) is 0 Å². The highest BCUT2D eigenvalue weighted by molar-refractivity contribution is 9.10. The maximum atomic E-state index is 12.6. The molecule has 3 amide bonds. The summed E-state index contributed by atoms with van der Waals surface area (Å²) in [6.07, 6.45) is 4.45. The summed E-state index contributed by atoms with van der Waals surface area (Å²) in [7, 11) is 0. The molecule has 0 saturated carbocycles. The first-order valence-corrected chi connectivity index (χ1v) is 13.9. The van der Waals surface area contributed by atoms with Gasteiger partial charge in [0.25, 0.3) is 17.7 Å². The number of hydrogen-bond donors (Lipinski definition) is 3. The van der Waals surface area contributed by atoms with Crippen LogP contribution in [0.1, 0.15) is 90.0 Å². The Hall–Kier alpha value is -3.65. The van der Waals surface area contributed by atoms with E-state index in [4.69, 9.17) is 4.74 Å². The average molecular weight is 595 g/mol. The Morgan fingerprint density at radius 3 is 1.90 bits per heavy atom. The van der Waals surface area contributed by atoms with Crippen molar-refractivity contribution < 1.29 is 19.1 Å². The van der Waals surface area contributed by atoms with Crippen LogP contribution < -0.4 is 20.9 Å². The first-order chi connectivity index (χ1) is 18.6. The van der Waals surface area contributed by atoms with E-state index in [2.05, 4.69) is 59.8 Å². The van der Waals surface area contributed by atoms with Crippen LogP contribution in [0.5, 0.6) is 5.75 Å². The van der Waals surface area contributed by atoms with Gasteiger partial charge in [-0.2, -0.15) is 0 Å². The van der Waals surface area contributed by atoms with Gasteiger partial charge in [-0.15, -0.1) is 0 Å². The molecule has 3 aromatic carbocycles. The van der Waals surface area contributed by atoms with Crippen LogP contribution in [0, 0.1) is 0 Å². The number of carbonyl (C=O) groups excluding carboxylic acids is 3. The number of ether oxygens (including phenoxy) is 1. The molecule has 0 aromatic heterocycles. The highest BCUT2D eigenvalue weighted by atomic mass is 79.9. The van der Waals surface area contributed by atoms with Crippen molar-refractivity contribution in [2.45, 2.75) is 58.8 Å². The zero-order chi connectivity index (χ0) is 28.4. The highest BCUT2D eigenvalue weighted by Crippen LogP contribution is 2.26. The Labute approximate surface area is 238 Å². The molecule has 0 radical (unpaired) electrons. The standard InChI is InChI=1S/C31H36BrN3O4/c1-5-6-7-8-19-39-27-18-13-23(20-26(27)32)30(38)35-34-29(37)22-11-16-25(17-12-22)33-28(36)21-9-14-24(15-10-21)31(2,3)4/h9-18,20H,5-8,19H2,1-4H3,(H,33,36)(H,34,37)(H,35,38). The van der Waals surface area contributed by atoms with Gasteiger partial charge in [-0.3, -0.25) is 25.2 Å². The number of anilines is 1. The predicted molar refractivity (Wildman–Crippen MR) is 158 cm³/mol. The molecule has 0 aliphatic rings. The van der Waals surface area contributed by atoms with Gasteiger partial charge >= 0.3 is 0 Å². The summed E-state index contributed by atoms with van der Waals surface area (Å²) in [6, 6.07) is 18.9. The maximum Gasteiger partial charge on any atom is 0.269 e. The quantitative estimate of drug-likeness (QED) is 0.173. The van der Waals surface area contributed by atoms with Gasteiger partial charge in [0.1, 0.15) is 5.75 Å². The van der Waals surface area contributed by atoms with Gasteiger partial charge in [-0.05, 0) is 87.9 Å². The van der Waals surface area contributed by atoms with Gasteiger partial charge in [0.15, 0.2) is 0 Å². The Morgan fingerprint density at radius 1 is 0.744 bits per heavy atom. The lowest BCUT2D eigenvalue weighted by Gasteiger charge is -2.19. The largest absolute Gasteiger partial charge is 0.492 e. The van der Waals surface area contributed by atoms with Crippen molar-refractivity contribution in [2.24, 2.45) is 0 Å². The van der Waals surface area contributed by atoms with Crippen molar-refractivity contribution in [3.8, 4) is 5.75 Å². The average Bonchev–Trinajstić information content (AvgIpc) is 2.92. The van der Waals surface area contributed by atoms with E-state index in [1.807, 2.05) is 12.1 Å². The van der Waals surface area contributed by atoms with Crippen LogP contribution in [0.2, 0.25) is 0 Å². The fourth-order valence-corrected chi connectivity index (χ4v) is 4.25. The van der Waals surface area contributed by atoms with Crippen LogP contribution in [-0.4, -0.2) is 24.3 Å². The Morgan fingerprint density at radius 2 is 1.31 bits per heavy atom. The molecular formula is C31H36BrN3O4. The van der Waals surface area contributed by atoms with Crippen molar-refractivity contribution in [3.05, 3.63) is 93.5 Å². The zero-order valence-electron chi connectivity index (χ0n) is 22.9. The molecule has 39 heavy (non-hydrogen) atoms. The molecular weight excluding hydrogens is 558 g/mol. The molecule has 0 fully saturated rings. The van der Waals surface area contributed by atoms with Crippen LogP contribution in [0.15, 0.2) is 71.2 Å². The summed E-state index contributed by atoms with van der Waals surface area (Å²) < 4.78 is 6.44. The number of benzene rings is 3. The van der Waals surface area contributed by atoms with Gasteiger partial charge in [0.05, 0.1) is 11.1 Å².